The van der Waals surface area contributed by atoms with E-state index in [1.54, 1.807) is 17.0 Å². The Morgan fingerprint density at radius 1 is 1.42 bits per heavy atom. The number of nitrogens with two attached hydrogens (primary N) is 1. The molecule has 2 rings (SSSR count). The van der Waals surface area contributed by atoms with Gasteiger partial charge in [0.25, 0.3) is 0 Å². The molecule has 2 N–H and O–H groups in total. The number of primary amides is 1. The number of carbonyl (C=O) groups excluding carboxylic acids is 1. The second kappa shape index (κ2) is 6.11. The topological polar surface area (TPSA) is 63.4 Å². The van der Waals surface area contributed by atoms with Crippen molar-refractivity contribution in [3.05, 3.63) is 34.1 Å². The molecule has 0 saturated carbocycles. The van der Waals surface area contributed by atoms with E-state index >= 15 is 0 Å². The van der Waals surface area contributed by atoms with Gasteiger partial charge >= 0.3 is 0 Å². The van der Waals surface area contributed by atoms with Crippen LogP contribution in [0.1, 0.15) is 11.6 Å². The molecule has 0 bridgehead atoms. The van der Waals surface area contributed by atoms with E-state index in [1.165, 1.54) is 6.07 Å². The summed E-state index contributed by atoms with van der Waals surface area (Å²) >= 11 is 3.18. The molecule has 104 valence electrons. The maximum Gasteiger partial charge on any atom is 0.239 e. The lowest BCUT2D eigenvalue weighted by Gasteiger charge is -2.32. The molecule has 1 saturated heterocycles. The molecule has 1 amide bonds. The van der Waals surface area contributed by atoms with E-state index in [0.717, 1.165) is 0 Å². The summed E-state index contributed by atoms with van der Waals surface area (Å²) in [5.41, 5.74) is 5.67. The van der Waals surface area contributed by atoms with Gasteiger partial charge in [-0.25, -0.2) is 4.39 Å². The first-order chi connectivity index (χ1) is 8.99. The Hall–Kier alpha value is -0.790. The van der Waals surface area contributed by atoms with Crippen LogP contribution in [0.2, 0.25) is 0 Å². The van der Waals surface area contributed by atoms with Gasteiger partial charge in [-0.3, -0.25) is 13.9 Å². The van der Waals surface area contributed by atoms with Gasteiger partial charge in [0.1, 0.15) is 11.9 Å². The molecule has 1 fully saturated rings. The maximum absolute atomic E-state index is 14.0. The van der Waals surface area contributed by atoms with E-state index in [9.17, 15) is 13.4 Å². The minimum absolute atomic E-state index is 0.267. The van der Waals surface area contributed by atoms with Gasteiger partial charge in [-0.15, -0.1) is 0 Å². The minimum Gasteiger partial charge on any atom is -0.368 e. The molecule has 0 radical (unpaired) electrons. The first-order valence-corrected chi connectivity index (χ1v) is 8.10. The molecule has 4 nitrogen and oxygen atoms in total. The van der Waals surface area contributed by atoms with Crippen molar-refractivity contribution in [2.45, 2.75) is 6.04 Å². The zero-order valence-electron chi connectivity index (χ0n) is 10.1. The SMILES string of the molecule is NC(=O)C(c1ccc(Br)cc1F)N1CCS(=O)CC1. The van der Waals surface area contributed by atoms with Crippen molar-refractivity contribution in [3.8, 4) is 0 Å². The highest BCUT2D eigenvalue weighted by molar-refractivity contribution is 9.10. The van der Waals surface area contributed by atoms with Gasteiger partial charge in [-0.05, 0) is 12.1 Å². The zero-order chi connectivity index (χ0) is 14.0. The lowest BCUT2D eigenvalue weighted by Crippen LogP contribution is -2.45. The summed E-state index contributed by atoms with van der Waals surface area (Å²) in [5, 5.41) is 0. The lowest BCUT2D eigenvalue weighted by molar-refractivity contribution is -0.123. The van der Waals surface area contributed by atoms with Crippen LogP contribution < -0.4 is 5.73 Å². The fraction of sp³-hybridized carbons (Fsp3) is 0.417. The van der Waals surface area contributed by atoms with Crippen molar-refractivity contribution in [2.75, 3.05) is 24.6 Å². The Morgan fingerprint density at radius 2 is 2.05 bits per heavy atom. The molecular weight excluding hydrogens is 335 g/mol. The van der Waals surface area contributed by atoms with Crippen molar-refractivity contribution < 1.29 is 13.4 Å². The average molecular weight is 349 g/mol. The molecule has 1 unspecified atom stereocenters. The van der Waals surface area contributed by atoms with Crippen LogP contribution in [-0.4, -0.2) is 39.6 Å². The van der Waals surface area contributed by atoms with Gasteiger partial charge in [-0.2, -0.15) is 0 Å². The summed E-state index contributed by atoms with van der Waals surface area (Å²) in [7, 11) is -0.851. The molecule has 1 aromatic rings. The van der Waals surface area contributed by atoms with Crippen LogP contribution in [0.5, 0.6) is 0 Å². The monoisotopic (exact) mass is 348 g/mol. The Kier molecular flexibility index (Phi) is 4.70. The summed E-state index contributed by atoms with van der Waals surface area (Å²) in [6.45, 7) is 0.964. The number of rotatable bonds is 3. The van der Waals surface area contributed by atoms with Crippen molar-refractivity contribution in [2.24, 2.45) is 5.73 Å². The molecule has 1 aliphatic rings. The van der Waals surface area contributed by atoms with Crippen molar-refractivity contribution >= 4 is 32.6 Å². The van der Waals surface area contributed by atoms with Crippen LogP contribution in [0, 0.1) is 5.82 Å². The van der Waals surface area contributed by atoms with Crippen molar-refractivity contribution in [1.29, 1.82) is 0 Å². The van der Waals surface area contributed by atoms with Gasteiger partial charge < -0.3 is 5.73 Å². The number of benzene rings is 1. The van der Waals surface area contributed by atoms with Crippen LogP contribution in [0.25, 0.3) is 0 Å². The van der Waals surface area contributed by atoms with E-state index in [1.807, 2.05) is 0 Å². The van der Waals surface area contributed by atoms with Crippen LogP contribution in [-0.2, 0) is 15.6 Å². The van der Waals surface area contributed by atoms with E-state index in [4.69, 9.17) is 5.73 Å². The number of halogens is 2. The average Bonchev–Trinajstić information content (AvgIpc) is 2.34. The molecule has 7 heteroatoms. The normalized spacial score (nSPS) is 19.3. The fourth-order valence-electron chi connectivity index (χ4n) is 2.16. The smallest absolute Gasteiger partial charge is 0.239 e. The third kappa shape index (κ3) is 3.40. The molecule has 19 heavy (non-hydrogen) atoms. The third-order valence-corrected chi connectivity index (χ3v) is 4.87. The standard InChI is InChI=1S/C12H14BrFN2O2S/c13-8-1-2-9(10(14)7-8)11(12(15)17)16-3-5-19(18)6-4-16/h1-2,7,11H,3-6H2,(H2,15,17). The third-order valence-electron chi connectivity index (χ3n) is 3.10. The summed E-state index contributed by atoms with van der Waals surface area (Å²) in [6, 6.07) is 3.75. The van der Waals surface area contributed by atoms with Crippen molar-refractivity contribution in [3.63, 3.8) is 0 Å². The van der Waals surface area contributed by atoms with Gasteiger partial charge in [0.2, 0.25) is 5.91 Å². The fourth-order valence-corrected chi connectivity index (χ4v) is 3.58. The molecular formula is C12H14BrFN2O2S. The largest absolute Gasteiger partial charge is 0.368 e. The maximum atomic E-state index is 14.0. The number of hydrogen-bond donors (Lipinski definition) is 1. The Bertz CT molecular complexity index is 516. The summed E-state index contributed by atoms with van der Waals surface area (Å²) < 4.78 is 25.9. The first-order valence-electron chi connectivity index (χ1n) is 5.82. The number of carbonyl (C=O) groups is 1. The van der Waals surface area contributed by atoms with Gasteiger partial charge in [0, 0.05) is 45.4 Å². The minimum atomic E-state index is -0.851. The predicted octanol–water partition coefficient (Wildman–Crippen LogP) is 1.18. The highest BCUT2D eigenvalue weighted by atomic mass is 79.9. The number of amides is 1. The molecule has 0 aromatic heterocycles. The highest BCUT2D eigenvalue weighted by Crippen LogP contribution is 2.26. The van der Waals surface area contributed by atoms with Gasteiger partial charge in [0.05, 0.1) is 0 Å². The molecule has 1 aliphatic heterocycles. The zero-order valence-corrected chi connectivity index (χ0v) is 12.5. The lowest BCUT2D eigenvalue weighted by atomic mass is 10.0. The molecule has 1 atom stereocenters. The summed E-state index contributed by atoms with van der Waals surface area (Å²) in [4.78, 5) is 13.4. The van der Waals surface area contributed by atoms with E-state index < -0.39 is 28.6 Å². The summed E-state index contributed by atoms with van der Waals surface area (Å²) in [5.74, 6) is -0.0806. The second-order valence-corrected chi connectivity index (χ2v) is 6.97. The predicted molar refractivity (Wildman–Crippen MR) is 75.5 cm³/mol. The quantitative estimate of drug-likeness (QED) is 0.891. The van der Waals surface area contributed by atoms with Crippen LogP contribution in [0.4, 0.5) is 4.39 Å². The van der Waals surface area contributed by atoms with E-state index in [-0.39, 0.29) is 5.56 Å². The number of hydrogen-bond acceptors (Lipinski definition) is 3. The van der Waals surface area contributed by atoms with Gasteiger partial charge in [0.15, 0.2) is 0 Å². The first kappa shape index (κ1) is 14.6. The summed E-state index contributed by atoms with van der Waals surface area (Å²) in [6.07, 6.45) is 0. The number of nitrogens with zero attached hydrogens (tertiary/aromatic N) is 1. The molecule has 0 spiro atoms. The Morgan fingerprint density at radius 3 is 2.58 bits per heavy atom. The van der Waals surface area contributed by atoms with E-state index in [0.29, 0.717) is 29.1 Å². The van der Waals surface area contributed by atoms with Gasteiger partial charge in [-0.1, -0.05) is 22.0 Å². The molecule has 1 aromatic carbocycles. The Balaban J connectivity index is 2.29. The van der Waals surface area contributed by atoms with Crippen LogP contribution in [0.3, 0.4) is 0 Å². The second-order valence-electron chi connectivity index (χ2n) is 4.35. The Labute approximate surface area is 121 Å². The van der Waals surface area contributed by atoms with Crippen LogP contribution in [0.15, 0.2) is 22.7 Å². The van der Waals surface area contributed by atoms with E-state index in [2.05, 4.69) is 15.9 Å². The van der Waals surface area contributed by atoms with Crippen LogP contribution >= 0.6 is 15.9 Å². The molecule has 1 heterocycles. The molecule has 0 aliphatic carbocycles. The van der Waals surface area contributed by atoms with Crippen molar-refractivity contribution in [1.82, 2.24) is 4.90 Å². The highest BCUT2D eigenvalue weighted by Gasteiger charge is 2.30.